The Bertz CT molecular complexity index is 1350. The average molecular weight is 495 g/mol. The number of aromatic nitrogens is 2. The second-order valence-corrected chi connectivity index (χ2v) is 10.1. The molecule has 0 aliphatic heterocycles. The van der Waals surface area contributed by atoms with Gasteiger partial charge in [0.1, 0.15) is 6.04 Å². The fourth-order valence-corrected chi connectivity index (χ4v) is 5.14. The first-order valence-electron chi connectivity index (χ1n) is 9.03. The molecule has 1 unspecified atom stereocenters. The van der Waals surface area contributed by atoms with Gasteiger partial charge in [-0.05, 0) is 49.4 Å². The van der Waals surface area contributed by atoms with Gasteiger partial charge in [-0.3, -0.25) is 9.52 Å². The zero-order valence-corrected chi connectivity index (χ0v) is 19.2. The molecule has 0 aliphatic rings. The molecular weight excluding hydrogens is 479 g/mol. The Morgan fingerprint density at radius 3 is 2.52 bits per heavy atom. The second-order valence-electron chi connectivity index (χ2n) is 6.68. The lowest BCUT2D eigenvalue weighted by Gasteiger charge is -2.16. The third-order valence-electron chi connectivity index (χ3n) is 4.65. The van der Waals surface area contributed by atoms with Crippen LogP contribution in [-0.4, -0.2) is 23.9 Å². The number of thiazole rings is 1. The van der Waals surface area contributed by atoms with E-state index in [-0.39, 0.29) is 15.9 Å². The summed E-state index contributed by atoms with van der Waals surface area (Å²) in [5.74, 6) is -0.264. The molecule has 0 spiro atoms. The first-order chi connectivity index (χ1) is 14.7. The number of anilines is 2. The SMILES string of the molecule is CC(C(=O)Nc1ccc(S(=O)(=O)Nc2nccs2)cc1)n1ccc2cc(Cl)c(Cl)cc21. The standard InChI is InChI=1S/C20H16Cl2N4O3S2/c1-12(26-8-6-13-10-16(21)17(22)11-18(13)26)19(27)24-14-2-4-15(5-3-14)31(28,29)25-20-23-7-9-30-20/h2-12H,1H3,(H,23,25)(H,24,27). The largest absolute Gasteiger partial charge is 0.335 e. The van der Waals surface area contributed by atoms with Crippen molar-refractivity contribution in [3.63, 3.8) is 0 Å². The normalized spacial score (nSPS) is 12.6. The van der Waals surface area contributed by atoms with Crippen LogP contribution >= 0.6 is 34.5 Å². The summed E-state index contributed by atoms with van der Waals surface area (Å²) in [5, 5.41) is 6.49. The third-order valence-corrected chi connectivity index (χ3v) is 7.54. The van der Waals surface area contributed by atoms with E-state index in [0.29, 0.717) is 15.7 Å². The van der Waals surface area contributed by atoms with Gasteiger partial charge >= 0.3 is 0 Å². The predicted octanol–water partition coefficient (Wildman–Crippen LogP) is 5.41. The number of carbonyl (C=O) groups is 1. The van der Waals surface area contributed by atoms with E-state index in [4.69, 9.17) is 23.2 Å². The Labute approximate surface area is 192 Å². The fraction of sp³-hybridized carbons (Fsp3) is 0.100. The molecule has 0 bridgehead atoms. The zero-order valence-electron chi connectivity index (χ0n) is 16.0. The van der Waals surface area contributed by atoms with Crippen LogP contribution in [0.2, 0.25) is 10.0 Å². The van der Waals surface area contributed by atoms with Crippen LogP contribution in [0.25, 0.3) is 10.9 Å². The third kappa shape index (κ3) is 4.54. The number of benzene rings is 2. The minimum Gasteiger partial charge on any atom is -0.335 e. The maximum absolute atomic E-state index is 12.8. The van der Waals surface area contributed by atoms with Crippen LogP contribution in [0.1, 0.15) is 13.0 Å². The van der Waals surface area contributed by atoms with Crippen LogP contribution in [0.5, 0.6) is 0 Å². The number of rotatable bonds is 6. The number of nitrogens with zero attached hydrogens (tertiary/aromatic N) is 2. The molecule has 0 saturated carbocycles. The van der Waals surface area contributed by atoms with E-state index in [1.54, 1.807) is 35.2 Å². The summed E-state index contributed by atoms with van der Waals surface area (Å²) in [4.78, 5) is 16.8. The van der Waals surface area contributed by atoms with Crippen molar-refractivity contribution >= 4 is 72.2 Å². The first-order valence-corrected chi connectivity index (χ1v) is 12.2. The van der Waals surface area contributed by atoms with Crippen LogP contribution in [0, 0.1) is 0 Å². The molecule has 1 atom stereocenters. The summed E-state index contributed by atoms with van der Waals surface area (Å²) in [6.07, 6.45) is 3.31. The summed E-state index contributed by atoms with van der Waals surface area (Å²) in [6, 6.07) is 10.7. The smallest absolute Gasteiger partial charge is 0.263 e. The topological polar surface area (TPSA) is 93.1 Å². The zero-order chi connectivity index (χ0) is 22.2. The monoisotopic (exact) mass is 494 g/mol. The number of fused-ring (bicyclic) bond motifs is 1. The van der Waals surface area contributed by atoms with Crippen molar-refractivity contribution in [2.45, 2.75) is 17.9 Å². The Morgan fingerprint density at radius 2 is 1.84 bits per heavy atom. The maximum Gasteiger partial charge on any atom is 0.263 e. The molecule has 0 radical (unpaired) electrons. The number of halogens is 2. The molecule has 1 amide bonds. The Hall–Kier alpha value is -2.59. The summed E-state index contributed by atoms with van der Waals surface area (Å²) < 4.78 is 29.0. The molecule has 4 rings (SSSR count). The molecule has 31 heavy (non-hydrogen) atoms. The number of carbonyl (C=O) groups excluding carboxylic acids is 1. The number of hydrogen-bond acceptors (Lipinski definition) is 5. The number of sulfonamides is 1. The van der Waals surface area contributed by atoms with E-state index < -0.39 is 16.1 Å². The highest BCUT2D eigenvalue weighted by Crippen LogP contribution is 2.30. The minimum absolute atomic E-state index is 0.0664. The van der Waals surface area contributed by atoms with Gasteiger partial charge in [0.25, 0.3) is 10.0 Å². The summed E-state index contributed by atoms with van der Waals surface area (Å²) in [5.41, 5.74) is 1.26. The summed E-state index contributed by atoms with van der Waals surface area (Å²) >= 11 is 13.4. The molecule has 2 aromatic carbocycles. The molecule has 0 saturated heterocycles. The molecule has 2 aromatic heterocycles. The van der Waals surface area contributed by atoms with Crippen LogP contribution in [0.4, 0.5) is 10.8 Å². The maximum atomic E-state index is 12.8. The first kappa shape index (κ1) is 21.6. The molecule has 11 heteroatoms. The van der Waals surface area contributed by atoms with Gasteiger partial charge in [-0.25, -0.2) is 13.4 Å². The van der Waals surface area contributed by atoms with Crippen molar-refractivity contribution < 1.29 is 13.2 Å². The van der Waals surface area contributed by atoms with E-state index in [2.05, 4.69) is 15.0 Å². The highest BCUT2D eigenvalue weighted by Gasteiger charge is 2.19. The Morgan fingerprint density at radius 1 is 1.13 bits per heavy atom. The van der Waals surface area contributed by atoms with Crippen molar-refractivity contribution in [3.8, 4) is 0 Å². The van der Waals surface area contributed by atoms with Crippen molar-refractivity contribution in [1.29, 1.82) is 0 Å². The lowest BCUT2D eigenvalue weighted by Crippen LogP contribution is -2.23. The van der Waals surface area contributed by atoms with Gasteiger partial charge in [0.15, 0.2) is 5.13 Å². The predicted molar refractivity (Wildman–Crippen MR) is 125 cm³/mol. The summed E-state index contributed by atoms with van der Waals surface area (Å²) in [7, 11) is -3.75. The molecule has 2 heterocycles. The summed E-state index contributed by atoms with van der Waals surface area (Å²) in [6.45, 7) is 1.76. The van der Waals surface area contributed by atoms with Crippen LogP contribution in [-0.2, 0) is 14.8 Å². The quantitative estimate of drug-likeness (QED) is 0.374. The van der Waals surface area contributed by atoms with Gasteiger partial charge in [0.05, 0.1) is 20.5 Å². The lowest BCUT2D eigenvalue weighted by molar-refractivity contribution is -0.118. The molecule has 4 aromatic rings. The van der Waals surface area contributed by atoms with E-state index >= 15 is 0 Å². The number of nitrogens with one attached hydrogen (secondary N) is 2. The Kier molecular flexibility index (Phi) is 5.94. The molecule has 7 nitrogen and oxygen atoms in total. The molecular formula is C20H16Cl2N4O3S2. The van der Waals surface area contributed by atoms with Gasteiger partial charge in [-0.2, -0.15) is 0 Å². The van der Waals surface area contributed by atoms with Crippen molar-refractivity contribution in [2.75, 3.05) is 10.0 Å². The van der Waals surface area contributed by atoms with Crippen molar-refractivity contribution in [1.82, 2.24) is 9.55 Å². The molecule has 0 aliphatic carbocycles. The van der Waals surface area contributed by atoms with Gasteiger partial charge < -0.3 is 9.88 Å². The highest BCUT2D eigenvalue weighted by molar-refractivity contribution is 7.93. The van der Waals surface area contributed by atoms with Crippen molar-refractivity contribution in [3.05, 3.63) is 70.3 Å². The van der Waals surface area contributed by atoms with Crippen LogP contribution in [0.15, 0.2) is 65.1 Å². The van der Waals surface area contributed by atoms with Gasteiger partial charge in [0.2, 0.25) is 5.91 Å². The minimum atomic E-state index is -3.75. The number of amides is 1. The fourth-order valence-electron chi connectivity index (χ4n) is 3.03. The van der Waals surface area contributed by atoms with Gasteiger partial charge in [-0.1, -0.05) is 23.2 Å². The van der Waals surface area contributed by atoms with E-state index in [0.717, 1.165) is 10.9 Å². The van der Waals surface area contributed by atoms with E-state index in [1.807, 2.05) is 6.07 Å². The number of hydrogen-bond donors (Lipinski definition) is 2. The molecule has 160 valence electrons. The average Bonchev–Trinajstić information content (AvgIpc) is 3.37. The van der Waals surface area contributed by atoms with E-state index in [1.165, 1.54) is 41.8 Å². The van der Waals surface area contributed by atoms with Gasteiger partial charge in [0, 0.05) is 28.8 Å². The molecule has 0 fully saturated rings. The lowest BCUT2D eigenvalue weighted by atomic mass is 10.2. The highest BCUT2D eigenvalue weighted by atomic mass is 35.5. The van der Waals surface area contributed by atoms with Gasteiger partial charge in [-0.15, -0.1) is 11.3 Å². The van der Waals surface area contributed by atoms with Crippen LogP contribution < -0.4 is 10.0 Å². The van der Waals surface area contributed by atoms with E-state index in [9.17, 15) is 13.2 Å². The second kappa shape index (κ2) is 8.51. The van der Waals surface area contributed by atoms with Crippen molar-refractivity contribution in [2.24, 2.45) is 0 Å². The molecule has 2 N–H and O–H groups in total. The Balaban J connectivity index is 1.49. The van der Waals surface area contributed by atoms with Crippen LogP contribution in [0.3, 0.4) is 0 Å².